The highest BCUT2D eigenvalue weighted by molar-refractivity contribution is 6.61. The summed E-state index contributed by atoms with van der Waals surface area (Å²) >= 11 is 0. The molecule has 0 unspecified atom stereocenters. The van der Waals surface area contributed by atoms with Crippen molar-refractivity contribution in [2.75, 3.05) is 0 Å². The van der Waals surface area contributed by atoms with Gasteiger partial charge in [0.1, 0.15) is 0 Å². The quantitative estimate of drug-likeness (QED) is 0.344. The van der Waals surface area contributed by atoms with Crippen LogP contribution in [-0.2, 0) is 0 Å². The summed E-state index contributed by atoms with van der Waals surface area (Å²) in [4.78, 5) is 0. The third-order valence-corrected chi connectivity index (χ3v) is 1.17. The van der Waals surface area contributed by atoms with E-state index in [1.165, 1.54) is 0 Å². The second kappa shape index (κ2) is 2.95. The summed E-state index contributed by atoms with van der Waals surface area (Å²) in [5.41, 5.74) is 4.77. The van der Waals surface area contributed by atoms with Gasteiger partial charge in [-0.2, -0.15) is 0 Å². The van der Waals surface area contributed by atoms with Crippen LogP contribution in [0.2, 0.25) is 13.1 Å². The lowest BCUT2D eigenvalue weighted by Gasteiger charge is -1.80. The molecule has 0 saturated carbocycles. The molecule has 0 nitrogen and oxygen atoms in total. The zero-order valence-corrected chi connectivity index (χ0v) is 5.28. The Morgan fingerprint density at radius 1 is 1.67 bits per heavy atom. The highest BCUT2D eigenvalue weighted by Crippen LogP contribution is 1.75. The Labute approximate surface area is 40.8 Å². The number of rotatable bonds is 1. The van der Waals surface area contributed by atoms with Crippen molar-refractivity contribution >= 4 is 8.80 Å². The largest absolute Gasteiger partial charge is 0.138 e. The predicted molar refractivity (Wildman–Crippen MR) is 31.2 cm³/mol. The van der Waals surface area contributed by atoms with Crippen molar-refractivity contribution in [3.05, 3.63) is 18.0 Å². The molecule has 0 rings (SSSR count). The third kappa shape index (κ3) is 3.74. The minimum atomic E-state index is -0.184. The number of hydrogen-bond acceptors (Lipinski definition) is 0. The molecule has 6 heavy (non-hydrogen) atoms. The predicted octanol–water partition coefficient (Wildman–Crippen LogP) is 1.62. The van der Waals surface area contributed by atoms with Crippen molar-refractivity contribution in [3.63, 3.8) is 0 Å². The molecule has 0 aliphatic carbocycles. The molecule has 0 aromatic carbocycles. The maximum Gasteiger partial charge on any atom is 0.0797 e. The summed E-state index contributed by atoms with van der Waals surface area (Å²) in [6.45, 7) is 7.84. The van der Waals surface area contributed by atoms with Gasteiger partial charge in [0.2, 0.25) is 0 Å². The van der Waals surface area contributed by atoms with E-state index in [2.05, 4.69) is 25.4 Å². The zero-order chi connectivity index (χ0) is 4.99. The van der Waals surface area contributed by atoms with Gasteiger partial charge in [-0.1, -0.05) is 25.4 Å². The molecule has 33 valence electrons. The van der Waals surface area contributed by atoms with Crippen molar-refractivity contribution < 1.29 is 0 Å². The molecule has 0 saturated heterocycles. The van der Waals surface area contributed by atoms with Crippen LogP contribution in [0.1, 0.15) is 0 Å². The Kier molecular flexibility index (Phi) is 2.82. The van der Waals surface area contributed by atoms with Crippen LogP contribution in [0, 0.1) is 0 Å². The maximum absolute atomic E-state index is 3.45. The molecule has 0 aliphatic rings. The van der Waals surface area contributed by atoms with Gasteiger partial charge in [0.15, 0.2) is 0 Å². The molecule has 0 heterocycles. The van der Waals surface area contributed by atoms with Crippen molar-refractivity contribution in [2.45, 2.75) is 13.1 Å². The molecule has 0 bridgehead atoms. The summed E-state index contributed by atoms with van der Waals surface area (Å²) in [5.74, 6) is 0. The molecule has 1 radical (unpaired) electrons. The standard InChI is InChI=1S/C5H9Si/c1-4-5-6(2)3/h5H,1H2,2-3H3. The Morgan fingerprint density at radius 2 is 2.17 bits per heavy atom. The highest BCUT2D eigenvalue weighted by atomic mass is 28.3. The number of hydrogen-bond donors (Lipinski definition) is 0. The third-order valence-electron chi connectivity index (χ3n) is 0.391. The van der Waals surface area contributed by atoms with Crippen LogP contribution >= 0.6 is 0 Å². The van der Waals surface area contributed by atoms with Gasteiger partial charge in [0.05, 0.1) is 8.80 Å². The van der Waals surface area contributed by atoms with Gasteiger partial charge in [-0.05, 0) is 0 Å². The highest BCUT2D eigenvalue weighted by Gasteiger charge is 1.80. The van der Waals surface area contributed by atoms with E-state index >= 15 is 0 Å². The lowest BCUT2D eigenvalue weighted by atomic mass is 11.0. The molecule has 1 heteroatoms. The lowest BCUT2D eigenvalue weighted by Crippen LogP contribution is -1.89. The van der Waals surface area contributed by atoms with Crippen molar-refractivity contribution in [3.8, 4) is 0 Å². The smallest absolute Gasteiger partial charge is 0.0797 e. The van der Waals surface area contributed by atoms with Crippen molar-refractivity contribution in [1.29, 1.82) is 0 Å². The molecular formula is C5H9Si. The van der Waals surface area contributed by atoms with E-state index in [1.54, 1.807) is 0 Å². The van der Waals surface area contributed by atoms with Gasteiger partial charge in [0.25, 0.3) is 0 Å². The Morgan fingerprint density at radius 3 is 2.17 bits per heavy atom. The maximum atomic E-state index is 3.45. The van der Waals surface area contributed by atoms with Crippen LogP contribution in [0.4, 0.5) is 0 Å². The van der Waals surface area contributed by atoms with E-state index in [0.29, 0.717) is 0 Å². The minimum Gasteiger partial charge on any atom is -0.138 e. The van der Waals surface area contributed by atoms with Gasteiger partial charge in [-0.3, -0.25) is 0 Å². The monoisotopic (exact) mass is 97.0 g/mol. The summed E-state index contributed by atoms with van der Waals surface area (Å²) in [7, 11) is -0.184. The van der Waals surface area contributed by atoms with Gasteiger partial charge in [-0.25, -0.2) is 0 Å². The normalized spacial score (nSPS) is 7.83. The molecule has 0 amide bonds. The fourth-order valence-corrected chi connectivity index (χ4v) is 0.612. The van der Waals surface area contributed by atoms with Crippen LogP contribution < -0.4 is 0 Å². The van der Waals surface area contributed by atoms with E-state index in [1.807, 2.05) is 5.70 Å². The fraction of sp³-hybridized carbons (Fsp3) is 0.400. The van der Waals surface area contributed by atoms with Gasteiger partial charge in [0, 0.05) is 0 Å². The molecule has 0 aliphatic heterocycles. The first-order valence-electron chi connectivity index (χ1n) is 1.93. The Hall–Kier alpha value is -0.263. The van der Waals surface area contributed by atoms with E-state index in [0.717, 1.165) is 0 Å². The van der Waals surface area contributed by atoms with Crippen LogP contribution in [0.15, 0.2) is 18.0 Å². The van der Waals surface area contributed by atoms with E-state index in [9.17, 15) is 0 Å². The van der Waals surface area contributed by atoms with Crippen molar-refractivity contribution in [1.82, 2.24) is 0 Å². The molecule has 0 fully saturated rings. The van der Waals surface area contributed by atoms with Crippen LogP contribution in [0.5, 0.6) is 0 Å². The van der Waals surface area contributed by atoms with Crippen LogP contribution in [-0.4, -0.2) is 8.80 Å². The van der Waals surface area contributed by atoms with Crippen LogP contribution in [0.25, 0.3) is 0 Å². The zero-order valence-electron chi connectivity index (χ0n) is 4.28. The molecule has 0 N–H and O–H groups in total. The molecular weight excluding hydrogens is 88.1 g/mol. The van der Waals surface area contributed by atoms with E-state index in [-0.39, 0.29) is 8.80 Å². The minimum absolute atomic E-state index is 0.184. The fourth-order valence-electron chi connectivity index (χ4n) is 0.204. The average Bonchev–Trinajstić information content (AvgIpc) is 1.35. The summed E-state index contributed by atoms with van der Waals surface area (Å²) < 4.78 is 0. The molecule has 0 aromatic rings. The summed E-state index contributed by atoms with van der Waals surface area (Å²) in [6, 6.07) is 0. The summed E-state index contributed by atoms with van der Waals surface area (Å²) in [5, 5.41) is 0. The van der Waals surface area contributed by atoms with E-state index in [4.69, 9.17) is 0 Å². The molecule has 0 spiro atoms. The molecule has 0 atom stereocenters. The topological polar surface area (TPSA) is 0 Å². The Balaban J connectivity index is 3.29. The molecule has 0 aromatic heterocycles. The second-order valence-corrected chi connectivity index (χ2v) is 3.87. The average molecular weight is 97.2 g/mol. The van der Waals surface area contributed by atoms with Crippen molar-refractivity contribution in [2.24, 2.45) is 0 Å². The van der Waals surface area contributed by atoms with Gasteiger partial charge >= 0.3 is 0 Å². The summed E-state index contributed by atoms with van der Waals surface area (Å²) in [6.07, 6.45) is 0. The van der Waals surface area contributed by atoms with E-state index < -0.39 is 0 Å². The first kappa shape index (κ1) is 5.74. The van der Waals surface area contributed by atoms with Gasteiger partial charge in [-0.15, -0.1) is 5.73 Å². The Bertz CT molecular complexity index is 68.0. The van der Waals surface area contributed by atoms with Crippen LogP contribution in [0.3, 0.4) is 0 Å². The lowest BCUT2D eigenvalue weighted by molar-refractivity contribution is 1.99. The first-order valence-corrected chi connectivity index (χ1v) is 4.51. The SMILES string of the molecule is C=C=C[Si](C)C. The second-order valence-electron chi connectivity index (χ2n) is 1.43. The van der Waals surface area contributed by atoms with Gasteiger partial charge < -0.3 is 0 Å². The first-order chi connectivity index (χ1) is 2.77.